The molecule has 0 radical (unpaired) electrons. The lowest BCUT2D eigenvalue weighted by atomic mass is 10.1. The van der Waals surface area contributed by atoms with Crippen LogP contribution in [0.5, 0.6) is 0 Å². The summed E-state index contributed by atoms with van der Waals surface area (Å²) >= 11 is 0. The molecule has 1 amide bonds. The SMILES string of the molecule is CCCCCCCCNC(=O)c1ccc(CNS(=O)(=O)c2ccc(F)cc2)cc1. The zero-order chi connectivity index (χ0) is 21.1. The van der Waals surface area contributed by atoms with Gasteiger partial charge in [-0.15, -0.1) is 0 Å². The Labute approximate surface area is 172 Å². The molecule has 0 unspecified atom stereocenters. The van der Waals surface area contributed by atoms with Crippen molar-refractivity contribution in [2.24, 2.45) is 0 Å². The van der Waals surface area contributed by atoms with Gasteiger partial charge in [-0.2, -0.15) is 0 Å². The number of unbranched alkanes of at least 4 members (excludes halogenated alkanes) is 5. The fourth-order valence-electron chi connectivity index (χ4n) is 2.86. The maximum Gasteiger partial charge on any atom is 0.251 e. The minimum atomic E-state index is -3.72. The van der Waals surface area contributed by atoms with Crippen molar-refractivity contribution < 1.29 is 17.6 Å². The third-order valence-electron chi connectivity index (χ3n) is 4.62. The molecule has 0 bridgehead atoms. The second kappa shape index (κ2) is 11.7. The lowest BCUT2D eigenvalue weighted by Crippen LogP contribution is -2.25. The Morgan fingerprint density at radius 1 is 0.897 bits per heavy atom. The van der Waals surface area contributed by atoms with Crippen molar-refractivity contribution in [3.8, 4) is 0 Å². The van der Waals surface area contributed by atoms with Gasteiger partial charge in [0.15, 0.2) is 0 Å². The monoisotopic (exact) mass is 420 g/mol. The number of nitrogens with one attached hydrogen (secondary N) is 2. The number of carbonyl (C=O) groups excluding carboxylic acids is 1. The van der Waals surface area contributed by atoms with E-state index in [1.165, 1.54) is 37.8 Å². The molecular weight excluding hydrogens is 391 g/mol. The Morgan fingerprint density at radius 3 is 2.17 bits per heavy atom. The standard InChI is InChI=1S/C22H29FN2O3S/c1-2-3-4-5-6-7-16-24-22(26)19-10-8-18(9-11-19)17-25-29(27,28)21-14-12-20(23)13-15-21/h8-15,25H,2-7,16-17H2,1H3,(H,24,26). The zero-order valence-electron chi connectivity index (χ0n) is 16.8. The molecule has 0 aromatic heterocycles. The summed E-state index contributed by atoms with van der Waals surface area (Å²) in [6.45, 7) is 2.93. The van der Waals surface area contributed by atoms with Crippen LogP contribution < -0.4 is 10.0 Å². The molecule has 0 fully saturated rings. The Kier molecular flexibility index (Phi) is 9.28. The van der Waals surface area contributed by atoms with Crippen LogP contribution in [0, 0.1) is 5.82 Å². The Bertz CT molecular complexity index is 866. The van der Waals surface area contributed by atoms with E-state index in [1.54, 1.807) is 24.3 Å². The number of halogens is 1. The minimum absolute atomic E-state index is 0.00425. The second-order valence-corrected chi connectivity index (χ2v) is 8.77. The van der Waals surface area contributed by atoms with Crippen LogP contribution in [0.4, 0.5) is 4.39 Å². The molecule has 7 heteroatoms. The first-order valence-electron chi connectivity index (χ1n) is 10.0. The lowest BCUT2D eigenvalue weighted by molar-refractivity contribution is 0.0953. The molecule has 2 rings (SSSR count). The van der Waals surface area contributed by atoms with E-state index in [4.69, 9.17) is 0 Å². The molecule has 158 valence electrons. The third-order valence-corrected chi connectivity index (χ3v) is 6.04. The number of carbonyl (C=O) groups is 1. The summed E-state index contributed by atoms with van der Waals surface area (Å²) in [5.41, 5.74) is 1.27. The molecule has 0 heterocycles. The first-order chi connectivity index (χ1) is 13.9. The number of benzene rings is 2. The quantitative estimate of drug-likeness (QED) is 0.500. The Morgan fingerprint density at radius 2 is 1.52 bits per heavy atom. The summed E-state index contributed by atoms with van der Waals surface area (Å²) in [4.78, 5) is 12.2. The maximum absolute atomic E-state index is 12.9. The van der Waals surface area contributed by atoms with Crippen LogP contribution in [0.15, 0.2) is 53.4 Å². The second-order valence-electron chi connectivity index (χ2n) is 7.00. The summed E-state index contributed by atoms with van der Waals surface area (Å²) in [5.74, 6) is -0.619. The van der Waals surface area contributed by atoms with Crippen LogP contribution in [0.3, 0.4) is 0 Å². The van der Waals surface area contributed by atoms with Crippen LogP contribution in [-0.2, 0) is 16.6 Å². The van der Waals surface area contributed by atoms with E-state index in [9.17, 15) is 17.6 Å². The van der Waals surface area contributed by atoms with Crippen LogP contribution in [0.2, 0.25) is 0 Å². The summed E-state index contributed by atoms with van der Waals surface area (Å²) in [6, 6.07) is 11.4. The van der Waals surface area contributed by atoms with Gasteiger partial charge in [0.1, 0.15) is 5.82 Å². The van der Waals surface area contributed by atoms with Crippen molar-refractivity contribution in [3.63, 3.8) is 0 Å². The molecule has 0 aliphatic heterocycles. The van der Waals surface area contributed by atoms with Gasteiger partial charge in [-0.05, 0) is 48.4 Å². The van der Waals surface area contributed by atoms with Gasteiger partial charge in [0, 0.05) is 18.7 Å². The molecule has 2 aromatic carbocycles. The van der Waals surface area contributed by atoms with Crippen molar-refractivity contribution in [1.82, 2.24) is 10.0 Å². The summed E-state index contributed by atoms with van der Waals surface area (Å²) in [7, 11) is -3.72. The van der Waals surface area contributed by atoms with Crippen molar-refractivity contribution >= 4 is 15.9 Å². The topological polar surface area (TPSA) is 75.3 Å². The van der Waals surface area contributed by atoms with E-state index in [2.05, 4.69) is 17.0 Å². The van der Waals surface area contributed by atoms with Gasteiger partial charge in [-0.3, -0.25) is 4.79 Å². The number of amides is 1. The van der Waals surface area contributed by atoms with Crippen molar-refractivity contribution in [1.29, 1.82) is 0 Å². The van der Waals surface area contributed by atoms with Gasteiger partial charge < -0.3 is 5.32 Å². The normalized spacial score (nSPS) is 11.4. The molecule has 0 aliphatic carbocycles. The first-order valence-corrected chi connectivity index (χ1v) is 11.5. The number of hydrogen-bond acceptors (Lipinski definition) is 3. The highest BCUT2D eigenvalue weighted by atomic mass is 32.2. The van der Waals surface area contributed by atoms with Crippen LogP contribution >= 0.6 is 0 Å². The first kappa shape index (κ1) is 23.0. The molecular formula is C22H29FN2O3S. The van der Waals surface area contributed by atoms with Gasteiger partial charge in [-0.1, -0.05) is 51.2 Å². The highest BCUT2D eigenvalue weighted by Gasteiger charge is 2.13. The van der Waals surface area contributed by atoms with Gasteiger partial charge in [-0.25, -0.2) is 17.5 Å². The van der Waals surface area contributed by atoms with E-state index in [0.717, 1.165) is 30.5 Å². The minimum Gasteiger partial charge on any atom is -0.352 e. The average Bonchev–Trinajstić information content (AvgIpc) is 2.72. The molecule has 5 nitrogen and oxygen atoms in total. The molecule has 2 aromatic rings. The summed E-state index contributed by atoms with van der Waals surface area (Å²) < 4.78 is 39.9. The maximum atomic E-state index is 12.9. The summed E-state index contributed by atoms with van der Waals surface area (Å²) in [5, 5.41) is 2.91. The van der Waals surface area contributed by atoms with Crippen molar-refractivity contribution in [2.75, 3.05) is 6.54 Å². The fourth-order valence-corrected chi connectivity index (χ4v) is 3.88. The van der Waals surface area contributed by atoms with Gasteiger partial charge in [0.05, 0.1) is 4.90 Å². The zero-order valence-corrected chi connectivity index (χ0v) is 17.6. The molecule has 29 heavy (non-hydrogen) atoms. The lowest BCUT2D eigenvalue weighted by Gasteiger charge is -2.08. The Balaban J connectivity index is 1.77. The number of rotatable bonds is 12. The largest absolute Gasteiger partial charge is 0.352 e. The molecule has 0 saturated carbocycles. The Hall–Kier alpha value is -2.25. The molecule has 0 saturated heterocycles. The molecule has 2 N–H and O–H groups in total. The van der Waals surface area contributed by atoms with Gasteiger partial charge >= 0.3 is 0 Å². The molecule has 0 atom stereocenters. The number of hydrogen-bond donors (Lipinski definition) is 2. The van der Waals surface area contributed by atoms with Crippen LogP contribution in [-0.4, -0.2) is 20.9 Å². The highest BCUT2D eigenvalue weighted by molar-refractivity contribution is 7.89. The summed E-state index contributed by atoms with van der Waals surface area (Å²) in [6.07, 6.45) is 7.02. The van der Waals surface area contributed by atoms with E-state index < -0.39 is 15.8 Å². The highest BCUT2D eigenvalue weighted by Crippen LogP contribution is 2.11. The van der Waals surface area contributed by atoms with E-state index in [0.29, 0.717) is 12.1 Å². The van der Waals surface area contributed by atoms with E-state index in [1.807, 2.05) is 0 Å². The van der Waals surface area contributed by atoms with Crippen molar-refractivity contribution in [2.45, 2.75) is 56.9 Å². The fraction of sp³-hybridized carbons (Fsp3) is 0.409. The van der Waals surface area contributed by atoms with Gasteiger partial charge in [0.25, 0.3) is 5.91 Å². The smallest absolute Gasteiger partial charge is 0.251 e. The third kappa shape index (κ3) is 7.95. The average molecular weight is 421 g/mol. The van der Waals surface area contributed by atoms with E-state index in [-0.39, 0.29) is 17.3 Å². The molecule has 0 spiro atoms. The van der Waals surface area contributed by atoms with Crippen molar-refractivity contribution in [3.05, 3.63) is 65.5 Å². The molecule has 0 aliphatic rings. The van der Waals surface area contributed by atoms with Crippen LogP contribution in [0.25, 0.3) is 0 Å². The predicted octanol–water partition coefficient (Wildman–Crippen LogP) is 4.39. The predicted molar refractivity (Wildman–Crippen MR) is 113 cm³/mol. The van der Waals surface area contributed by atoms with Gasteiger partial charge in [0.2, 0.25) is 10.0 Å². The number of sulfonamides is 1. The van der Waals surface area contributed by atoms with E-state index >= 15 is 0 Å². The van der Waals surface area contributed by atoms with Crippen LogP contribution in [0.1, 0.15) is 61.4 Å².